The first kappa shape index (κ1) is 21.1. The highest BCUT2D eigenvalue weighted by atomic mass is 16.5. The van der Waals surface area contributed by atoms with Crippen LogP contribution in [0.5, 0.6) is 11.5 Å². The van der Waals surface area contributed by atoms with Crippen LogP contribution in [0.15, 0.2) is 60.7 Å². The monoisotopic (exact) mass is 431 g/mol. The second-order valence-electron chi connectivity index (χ2n) is 7.50. The summed E-state index contributed by atoms with van der Waals surface area (Å²) < 4.78 is 12.1. The third kappa shape index (κ3) is 4.05. The summed E-state index contributed by atoms with van der Waals surface area (Å²) in [5, 5.41) is 9.20. The molecule has 162 valence electrons. The predicted molar refractivity (Wildman–Crippen MR) is 116 cm³/mol. The molecule has 0 fully saturated rings. The van der Waals surface area contributed by atoms with Crippen molar-refractivity contribution in [1.82, 2.24) is 0 Å². The molecule has 0 bridgehead atoms. The number of carbonyl (C=O) groups excluding carboxylic acids is 2. The lowest BCUT2D eigenvalue weighted by Gasteiger charge is -2.24. The van der Waals surface area contributed by atoms with Crippen LogP contribution in [0.25, 0.3) is 0 Å². The standard InChI is InChI=1S/C25H21NO6/c1-14-21(11-10-19-20(27)12-13-31-22(14)19)32-23(15-2-6-17(7-3-15)24(26)28)16-4-8-18(9-5-16)25(29)30/h2-11,23H,12-13H2,1H3,(H2,26,28)(H,29,30)/t23-/m0/s1. The summed E-state index contributed by atoms with van der Waals surface area (Å²) >= 11 is 0. The predicted octanol–water partition coefficient (Wildman–Crippen LogP) is 3.93. The zero-order valence-electron chi connectivity index (χ0n) is 17.3. The van der Waals surface area contributed by atoms with E-state index < -0.39 is 18.0 Å². The zero-order chi connectivity index (χ0) is 22.8. The molecule has 3 aromatic rings. The largest absolute Gasteiger partial charge is 0.492 e. The summed E-state index contributed by atoms with van der Waals surface area (Å²) in [6.07, 6.45) is -0.256. The van der Waals surface area contributed by atoms with Crippen LogP contribution in [-0.4, -0.2) is 29.4 Å². The fourth-order valence-corrected chi connectivity index (χ4v) is 3.67. The SMILES string of the molecule is Cc1c(O[C@@H](c2ccc(C(N)=O)cc2)c2ccc(C(=O)O)cc2)ccc2c1OCCC2=O. The second-order valence-corrected chi connectivity index (χ2v) is 7.50. The van der Waals surface area contributed by atoms with Crippen molar-refractivity contribution in [2.24, 2.45) is 5.73 Å². The van der Waals surface area contributed by atoms with Gasteiger partial charge < -0.3 is 20.3 Å². The molecular weight excluding hydrogens is 410 g/mol. The third-order valence-corrected chi connectivity index (χ3v) is 5.44. The smallest absolute Gasteiger partial charge is 0.335 e. The average molecular weight is 431 g/mol. The van der Waals surface area contributed by atoms with Crippen LogP contribution in [0.3, 0.4) is 0 Å². The highest BCUT2D eigenvalue weighted by Crippen LogP contribution is 2.38. The van der Waals surface area contributed by atoms with E-state index in [-0.39, 0.29) is 11.3 Å². The Kier molecular flexibility index (Phi) is 5.64. The molecule has 0 spiro atoms. The fourth-order valence-electron chi connectivity index (χ4n) is 3.67. The summed E-state index contributed by atoms with van der Waals surface area (Å²) in [6.45, 7) is 2.15. The van der Waals surface area contributed by atoms with Crippen LogP contribution in [0.4, 0.5) is 0 Å². The number of fused-ring (bicyclic) bond motifs is 1. The molecule has 7 nitrogen and oxygen atoms in total. The number of amides is 1. The van der Waals surface area contributed by atoms with Gasteiger partial charge in [-0.25, -0.2) is 4.79 Å². The Morgan fingerprint density at radius 2 is 1.56 bits per heavy atom. The van der Waals surface area contributed by atoms with Gasteiger partial charge in [-0.15, -0.1) is 0 Å². The minimum atomic E-state index is -1.02. The molecule has 0 radical (unpaired) electrons. The summed E-state index contributed by atoms with van der Waals surface area (Å²) in [6, 6.07) is 16.5. The molecule has 7 heteroatoms. The minimum Gasteiger partial charge on any atom is -0.492 e. The van der Waals surface area contributed by atoms with Gasteiger partial charge in [0.1, 0.15) is 17.6 Å². The second kappa shape index (κ2) is 8.55. The Labute approximate surface area is 184 Å². The number of carboxylic acid groups (broad SMARTS) is 1. The van der Waals surface area contributed by atoms with Crippen molar-refractivity contribution in [3.63, 3.8) is 0 Å². The molecule has 0 saturated carbocycles. The molecule has 1 aliphatic rings. The molecule has 1 amide bonds. The van der Waals surface area contributed by atoms with E-state index in [1.54, 1.807) is 48.5 Å². The van der Waals surface area contributed by atoms with Crippen molar-refractivity contribution in [2.45, 2.75) is 19.4 Å². The number of rotatable bonds is 6. The lowest BCUT2D eigenvalue weighted by Crippen LogP contribution is -2.17. The number of hydrogen-bond acceptors (Lipinski definition) is 5. The molecule has 0 aliphatic carbocycles. The lowest BCUT2D eigenvalue weighted by molar-refractivity contribution is 0.0696. The van der Waals surface area contributed by atoms with Gasteiger partial charge in [0.25, 0.3) is 0 Å². The summed E-state index contributed by atoms with van der Waals surface area (Å²) in [7, 11) is 0. The lowest BCUT2D eigenvalue weighted by atomic mass is 9.98. The van der Waals surface area contributed by atoms with Crippen molar-refractivity contribution in [2.75, 3.05) is 6.61 Å². The average Bonchev–Trinajstić information content (AvgIpc) is 2.79. The Morgan fingerprint density at radius 3 is 2.12 bits per heavy atom. The Bertz CT molecular complexity index is 1140. The van der Waals surface area contributed by atoms with E-state index in [0.717, 1.165) is 11.1 Å². The molecule has 0 unspecified atom stereocenters. The Balaban J connectivity index is 1.75. The van der Waals surface area contributed by atoms with Gasteiger partial charge in [-0.1, -0.05) is 24.3 Å². The van der Waals surface area contributed by atoms with Gasteiger partial charge in [0.15, 0.2) is 5.78 Å². The maximum absolute atomic E-state index is 12.2. The van der Waals surface area contributed by atoms with Crippen LogP contribution < -0.4 is 15.2 Å². The van der Waals surface area contributed by atoms with Gasteiger partial charge in [-0.2, -0.15) is 0 Å². The first-order valence-corrected chi connectivity index (χ1v) is 10.0. The fraction of sp³-hybridized carbons (Fsp3) is 0.160. The molecule has 0 aromatic heterocycles. The molecule has 1 aliphatic heterocycles. The zero-order valence-corrected chi connectivity index (χ0v) is 17.3. The van der Waals surface area contributed by atoms with Crippen LogP contribution in [0.1, 0.15) is 60.3 Å². The number of ether oxygens (including phenoxy) is 2. The highest BCUT2D eigenvalue weighted by Gasteiger charge is 2.24. The molecule has 0 saturated heterocycles. The number of hydrogen-bond donors (Lipinski definition) is 2. The molecule has 1 heterocycles. The highest BCUT2D eigenvalue weighted by molar-refractivity contribution is 6.00. The summed E-state index contributed by atoms with van der Waals surface area (Å²) in [4.78, 5) is 34.9. The Morgan fingerprint density at radius 1 is 0.969 bits per heavy atom. The van der Waals surface area contributed by atoms with Crippen LogP contribution in [0.2, 0.25) is 0 Å². The quantitative estimate of drug-likeness (QED) is 0.611. The van der Waals surface area contributed by atoms with Gasteiger partial charge in [0.2, 0.25) is 5.91 Å². The third-order valence-electron chi connectivity index (χ3n) is 5.44. The van der Waals surface area contributed by atoms with E-state index in [9.17, 15) is 19.5 Å². The number of aromatic carboxylic acids is 1. The maximum Gasteiger partial charge on any atom is 0.335 e. The first-order chi connectivity index (χ1) is 15.3. The summed E-state index contributed by atoms with van der Waals surface area (Å²) in [5.41, 5.74) is 8.58. The van der Waals surface area contributed by atoms with Gasteiger partial charge in [-0.05, 0) is 54.4 Å². The van der Waals surface area contributed by atoms with Crippen LogP contribution in [-0.2, 0) is 0 Å². The van der Waals surface area contributed by atoms with Crippen molar-refractivity contribution in [3.8, 4) is 11.5 Å². The number of benzene rings is 3. The molecule has 1 atom stereocenters. The van der Waals surface area contributed by atoms with E-state index in [1.165, 1.54) is 12.1 Å². The number of primary amides is 1. The van der Waals surface area contributed by atoms with Gasteiger partial charge in [0, 0.05) is 17.5 Å². The molecule has 3 N–H and O–H groups in total. The number of Topliss-reactive ketones (excluding diaryl/α,β-unsaturated/α-hetero) is 1. The number of ketones is 1. The van der Waals surface area contributed by atoms with E-state index in [4.69, 9.17) is 15.2 Å². The van der Waals surface area contributed by atoms with Crippen molar-refractivity contribution in [1.29, 1.82) is 0 Å². The number of carboxylic acids is 1. The van der Waals surface area contributed by atoms with E-state index in [0.29, 0.717) is 41.2 Å². The van der Waals surface area contributed by atoms with E-state index in [2.05, 4.69) is 0 Å². The van der Waals surface area contributed by atoms with Crippen molar-refractivity contribution < 1.29 is 29.0 Å². The molecule has 3 aromatic carbocycles. The molecule has 4 rings (SSSR count). The Hall–Kier alpha value is -4.13. The molecular formula is C25H21NO6. The first-order valence-electron chi connectivity index (χ1n) is 10.0. The van der Waals surface area contributed by atoms with E-state index >= 15 is 0 Å². The topological polar surface area (TPSA) is 116 Å². The van der Waals surface area contributed by atoms with E-state index in [1.807, 2.05) is 6.92 Å². The van der Waals surface area contributed by atoms with Crippen molar-refractivity contribution in [3.05, 3.63) is 94.0 Å². The summed E-state index contributed by atoms with van der Waals surface area (Å²) in [5.74, 6) is -0.476. The van der Waals surface area contributed by atoms with Crippen LogP contribution >= 0.6 is 0 Å². The van der Waals surface area contributed by atoms with Gasteiger partial charge in [0.05, 0.1) is 17.7 Å². The normalized spacial score (nSPS) is 13.6. The molecule has 32 heavy (non-hydrogen) atoms. The van der Waals surface area contributed by atoms with Crippen LogP contribution in [0, 0.1) is 6.92 Å². The minimum absolute atomic E-state index is 0.0312. The van der Waals surface area contributed by atoms with Crippen molar-refractivity contribution >= 4 is 17.7 Å². The number of carbonyl (C=O) groups is 3. The number of nitrogens with two attached hydrogens (primary N) is 1. The van der Waals surface area contributed by atoms with Gasteiger partial charge in [-0.3, -0.25) is 9.59 Å². The van der Waals surface area contributed by atoms with Gasteiger partial charge >= 0.3 is 5.97 Å². The maximum atomic E-state index is 12.2.